The average molecular weight is 541 g/mol. The number of hydrogen-bond donors (Lipinski definition) is 4. The molecule has 1 atom stereocenters. The Hall–Kier alpha value is -4.49. The highest BCUT2D eigenvalue weighted by atomic mass is 31.2. The smallest absolute Gasteiger partial charge is 0.411 e. The molecule has 4 N–H and O–H groups in total. The van der Waals surface area contributed by atoms with Crippen molar-refractivity contribution in [2.24, 2.45) is 0 Å². The van der Waals surface area contributed by atoms with Gasteiger partial charge in [0.25, 0.3) is 0 Å². The molecule has 39 heavy (non-hydrogen) atoms. The van der Waals surface area contributed by atoms with Gasteiger partial charge in [-0.2, -0.15) is 0 Å². The number of hydrogen-bond acceptors (Lipinski definition) is 4. The first-order valence-electron chi connectivity index (χ1n) is 12.1. The second-order valence-corrected chi connectivity index (χ2v) is 10.7. The fourth-order valence-corrected chi connectivity index (χ4v) is 5.46. The molecule has 5 aromatic rings. The van der Waals surface area contributed by atoms with E-state index in [0.717, 1.165) is 16.2 Å². The van der Waals surface area contributed by atoms with E-state index >= 15 is 0 Å². The van der Waals surface area contributed by atoms with Crippen molar-refractivity contribution in [1.82, 2.24) is 0 Å². The molecule has 0 heterocycles. The van der Waals surface area contributed by atoms with Gasteiger partial charge in [-0.15, -0.1) is 0 Å². The molecule has 1 unspecified atom stereocenters. The van der Waals surface area contributed by atoms with Gasteiger partial charge in [0.2, 0.25) is 5.91 Å². The number of carbonyl (C=O) groups is 2. The lowest BCUT2D eigenvalue weighted by Crippen LogP contribution is -2.23. The van der Waals surface area contributed by atoms with Gasteiger partial charge in [0.1, 0.15) is 6.61 Å². The molecular weight excluding hydrogens is 515 g/mol. The van der Waals surface area contributed by atoms with E-state index < -0.39 is 25.3 Å². The molecule has 0 spiro atoms. The normalized spacial score (nSPS) is 12.2. The molecule has 0 radical (unpaired) electrons. The van der Waals surface area contributed by atoms with Gasteiger partial charge in [0.15, 0.2) is 5.66 Å². The molecule has 0 fully saturated rings. The lowest BCUT2D eigenvalue weighted by atomic mass is 10.0. The molecule has 0 saturated carbocycles. The quantitative estimate of drug-likeness (QED) is 0.172. The van der Waals surface area contributed by atoms with Gasteiger partial charge in [0.05, 0.1) is 0 Å². The number of anilines is 2. The van der Waals surface area contributed by atoms with E-state index in [9.17, 15) is 23.9 Å². The van der Waals surface area contributed by atoms with Crippen LogP contribution in [0.25, 0.3) is 21.5 Å². The monoisotopic (exact) mass is 540 g/mol. The van der Waals surface area contributed by atoms with Crippen LogP contribution in [-0.2, 0) is 20.7 Å². The lowest BCUT2D eigenvalue weighted by Gasteiger charge is -2.21. The first kappa shape index (κ1) is 26.1. The second-order valence-electron chi connectivity index (χ2n) is 8.97. The minimum absolute atomic E-state index is 0.187. The van der Waals surface area contributed by atoms with Crippen LogP contribution in [0, 0.1) is 0 Å². The Balaban J connectivity index is 1.46. The summed E-state index contributed by atoms with van der Waals surface area (Å²) < 4.78 is 18.1. The SMILES string of the molecule is O=C(Nc1ccccc1)OCc1cc2ccccc2cc1NC(=O)C(c1cccc2ccccc12)P(=O)(O)O. The molecule has 196 valence electrons. The Morgan fingerprint density at radius 2 is 1.36 bits per heavy atom. The van der Waals surface area contributed by atoms with Crippen molar-refractivity contribution in [3.63, 3.8) is 0 Å². The Bertz CT molecular complexity index is 1710. The zero-order valence-electron chi connectivity index (χ0n) is 20.7. The van der Waals surface area contributed by atoms with Gasteiger partial charge in [-0.05, 0) is 51.4 Å². The first-order chi connectivity index (χ1) is 18.8. The van der Waals surface area contributed by atoms with Crippen molar-refractivity contribution in [2.75, 3.05) is 10.6 Å². The number of rotatable bonds is 7. The number of carbonyl (C=O) groups excluding carboxylic acids is 2. The first-order valence-corrected chi connectivity index (χ1v) is 13.8. The van der Waals surface area contributed by atoms with Crippen molar-refractivity contribution >= 4 is 52.5 Å². The molecular formula is C30H25N2O6P. The number of fused-ring (bicyclic) bond motifs is 2. The van der Waals surface area contributed by atoms with Crippen molar-refractivity contribution in [3.8, 4) is 0 Å². The van der Waals surface area contributed by atoms with Crippen LogP contribution in [0.3, 0.4) is 0 Å². The second kappa shape index (κ2) is 11.1. The fraction of sp³-hybridized carbons (Fsp3) is 0.0667. The van der Waals surface area contributed by atoms with E-state index in [1.54, 1.807) is 60.7 Å². The Kier molecular flexibility index (Phi) is 7.43. The topological polar surface area (TPSA) is 125 Å². The summed E-state index contributed by atoms with van der Waals surface area (Å²) in [6.45, 7) is -0.187. The molecule has 0 saturated heterocycles. The van der Waals surface area contributed by atoms with Crippen LogP contribution in [-0.4, -0.2) is 21.8 Å². The number of ether oxygens (including phenoxy) is 1. The van der Waals surface area contributed by atoms with Crippen LogP contribution >= 0.6 is 7.60 Å². The summed E-state index contributed by atoms with van der Waals surface area (Å²) in [7, 11) is -4.94. The summed E-state index contributed by atoms with van der Waals surface area (Å²) in [6.07, 6.45) is -0.685. The predicted molar refractivity (Wildman–Crippen MR) is 152 cm³/mol. The molecule has 5 aromatic carbocycles. The Labute approximate surface area is 224 Å². The van der Waals surface area contributed by atoms with Crippen LogP contribution < -0.4 is 10.6 Å². The molecule has 0 aliphatic heterocycles. The van der Waals surface area contributed by atoms with Gasteiger partial charge in [0, 0.05) is 16.9 Å². The third-order valence-electron chi connectivity index (χ3n) is 6.31. The van der Waals surface area contributed by atoms with E-state index in [4.69, 9.17) is 4.74 Å². The molecule has 0 aliphatic carbocycles. The largest absolute Gasteiger partial charge is 0.444 e. The van der Waals surface area contributed by atoms with Crippen molar-refractivity contribution in [3.05, 3.63) is 120 Å². The van der Waals surface area contributed by atoms with E-state index in [1.165, 1.54) is 0 Å². The number of para-hydroxylation sites is 1. The van der Waals surface area contributed by atoms with E-state index in [-0.39, 0.29) is 17.9 Å². The highest BCUT2D eigenvalue weighted by Gasteiger charge is 2.38. The zero-order chi connectivity index (χ0) is 27.4. The maximum absolute atomic E-state index is 13.5. The molecule has 8 nitrogen and oxygen atoms in total. The maximum atomic E-state index is 13.5. The van der Waals surface area contributed by atoms with Gasteiger partial charge in [-0.1, -0.05) is 84.9 Å². The van der Waals surface area contributed by atoms with Crippen LogP contribution in [0.5, 0.6) is 0 Å². The minimum atomic E-state index is -4.94. The summed E-state index contributed by atoms with van der Waals surface area (Å²) in [5.74, 6) is -0.870. The number of nitrogens with one attached hydrogen (secondary N) is 2. The van der Waals surface area contributed by atoms with E-state index in [2.05, 4.69) is 10.6 Å². The summed E-state index contributed by atoms with van der Waals surface area (Å²) in [5.41, 5.74) is -0.211. The third kappa shape index (κ3) is 5.99. The summed E-state index contributed by atoms with van der Waals surface area (Å²) in [6, 6.07) is 31.8. The molecule has 9 heteroatoms. The summed E-state index contributed by atoms with van der Waals surface area (Å²) in [4.78, 5) is 46.5. The van der Waals surface area contributed by atoms with Crippen LogP contribution in [0.2, 0.25) is 0 Å². The number of amides is 2. The number of benzene rings is 5. The van der Waals surface area contributed by atoms with Crippen molar-refractivity contribution in [1.29, 1.82) is 0 Å². The van der Waals surface area contributed by atoms with E-state index in [0.29, 0.717) is 16.6 Å². The fourth-order valence-electron chi connectivity index (χ4n) is 4.51. The molecule has 0 aliphatic rings. The van der Waals surface area contributed by atoms with Crippen LogP contribution in [0.15, 0.2) is 109 Å². The molecule has 5 rings (SSSR count). The highest BCUT2D eigenvalue weighted by molar-refractivity contribution is 7.53. The zero-order valence-corrected chi connectivity index (χ0v) is 21.5. The summed E-state index contributed by atoms with van der Waals surface area (Å²) >= 11 is 0. The van der Waals surface area contributed by atoms with Gasteiger partial charge < -0.3 is 19.8 Å². The molecule has 0 aromatic heterocycles. The molecule has 0 bridgehead atoms. The average Bonchev–Trinajstić information content (AvgIpc) is 2.92. The maximum Gasteiger partial charge on any atom is 0.411 e. The van der Waals surface area contributed by atoms with Crippen molar-refractivity contribution < 1.29 is 28.7 Å². The van der Waals surface area contributed by atoms with Gasteiger partial charge in [-0.3, -0.25) is 14.7 Å². The highest BCUT2D eigenvalue weighted by Crippen LogP contribution is 2.53. The van der Waals surface area contributed by atoms with Crippen molar-refractivity contribution in [2.45, 2.75) is 12.3 Å². The summed E-state index contributed by atoms with van der Waals surface area (Å²) in [5, 5.41) is 8.31. The Morgan fingerprint density at radius 3 is 2.08 bits per heavy atom. The van der Waals surface area contributed by atoms with Gasteiger partial charge in [-0.25, -0.2) is 4.79 Å². The van der Waals surface area contributed by atoms with E-state index in [1.807, 2.05) is 48.5 Å². The third-order valence-corrected chi connectivity index (χ3v) is 7.50. The standard InChI is InChI=1S/C30H25N2O6P/c33-29(28(39(35,36)37)26-16-8-12-20-9-6-7-15-25(20)26)32-27-18-22-11-5-4-10-21(22)17-23(27)19-38-30(34)31-24-13-2-1-3-14-24/h1-18,28H,19H2,(H,31,34)(H,32,33)(H2,35,36,37). The predicted octanol–water partition coefficient (Wildman–Crippen LogP) is 6.60. The van der Waals surface area contributed by atoms with Gasteiger partial charge >= 0.3 is 13.7 Å². The minimum Gasteiger partial charge on any atom is -0.444 e. The van der Waals surface area contributed by atoms with Crippen LogP contribution in [0.1, 0.15) is 16.8 Å². The Morgan fingerprint density at radius 1 is 0.744 bits per heavy atom. The lowest BCUT2D eigenvalue weighted by molar-refractivity contribution is -0.116. The molecule has 2 amide bonds. The van der Waals surface area contributed by atoms with Crippen LogP contribution in [0.4, 0.5) is 16.2 Å².